The molecule has 0 bridgehead atoms. The smallest absolute Gasteiger partial charge is 0.191 e. The van der Waals surface area contributed by atoms with Gasteiger partial charge in [0, 0.05) is 36.8 Å². The molecule has 1 fully saturated rings. The lowest BCUT2D eigenvalue weighted by molar-refractivity contribution is 0.0676. The molecule has 1 atom stereocenters. The number of aromatic nitrogens is 1. The molecule has 1 saturated heterocycles. The molecular formula is C20H28N4O2S. The molecule has 0 aliphatic carbocycles. The maximum absolute atomic E-state index is 6.07. The first-order valence-electron chi connectivity index (χ1n) is 9.34. The third kappa shape index (κ3) is 5.94. The number of rotatable bonds is 7. The molecule has 2 aromatic rings. The predicted molar refractivity (Wildman–Crippen MR) is 110 cm³/mol. The molecule has 3 rings (SSSR count). The monoisotopic (exact) mass is 388 g/mol. The Bertz CT molecular complexity index is 769. The van der Waals surface area contributed by atoms with Gasteiger partial charge in [0.2, 0.25) is 0 Å². The molecule has 0 amide bonds. The molecular weight excluding hydrogens is 360 g/mol. The minimum absolute atomic E-state index is 0.211. The van der Waals surface area contributed by atoms with E-state index in [1.165, 1.54) is 10.4 Å². The van der Waals surface area contributed by atoms with Crippen LogP contribution in [0.4, 0.5) is 0 Å². The number of thiazole rings is 1. The van der Waals surface area contributed by atoms with Crippen LogP contribution in [0, 0.1) is 13.8 Å². The van der Waals surface area contributed by atoms with Crippen LogP contribution in [0.25, 0.3) is 0 Å². The first-order chi connectivity index (χ1) is 13.1. The van der Waals surface area contributed by atoms with Crippen LogP contribution in [0.1, 0.15) is 33.9 Å². The SMILES string of the molecule is CN=C(NCc1ncc(C)s1)NCc1ccc(C)cc1OCC1CCCO1. The summed E-state index contributed by atoms with van der Waals surface area (Å²) in [5.41, 5.74) is 2.29. The highest BCUT2D eigenvalue weighted by Crippen LogP contribution is 2.22. The molecule has 6 nitrogen and oxygen atoms in total. The fourth-order valence-corrected chi connectivity index (χ4v) is 3.67. The van der Waals surface area contributed by atoms with Crippen molar-refractivity contribution in [2.45, 2.75) is 45.9 Å². The fourth-order valence-electron chi connectivity index (χ4n) is 2.94. The van der Waals surface area contributed by atoms with Crippen LogP contribution < -0.4 is 15.4 Å². The van der Waals surface area contributed by atoms with Gasteiger partial charge in [-0.2, -0.15) is 0 Å². The number of guanidine groups is 1. The number of aliphatic imine (C=N–C) groups is 1. The van der Waals surface area contributed by atoms with E-state index in [1.807, 2.05) is 6.20 Å². The van der Waals surface area contributed by atoms with E-state index in [4.69, 9.17) is 9.47 Å². The van der Waals surface area contributed by atoms with E-state index in [-0.39, 0.29) is 6.10 Å². The van der Waals surface area contributed by atoms with Crippen molar-refractivity contribution in [2.75, 3.05) is 20.3 Å². The Morgan fingerprint density at radius 2 is 2.19 bits per heavy atom. The Balaban J connectivity index is 1.55. The van der Waals surface area contributed by atoms with Gasteiger partial charge >= 0.3 is 0 Å². The van der Waals surface area contributed by atoms with Crippen molar-refractivity contribution < 1.29 is 9.47 Å². The first-order valence-corrected chi connectivity index (χ1v) is 10.2. The zero-order valence-electron chi connectivity index (χ0n) is 16.2. The summed E-state index contributed by atoms with van der Waals surface area (Å²) in [5, 5.41) is 7.71. The van der Waals surface area contributed by atoms with Gasteiger partial charge in [-0.05, 0) is 38.3 Å². The summed E-state index contributed by atoms with van der Waals surface area (Å²) in [5.74, 6) is 1.65. The largest absolute Gasteiger partial charge is 0.491 e. The second-order valence-corrected chi connectivity index (χ2v) is 8.02. The van der Waals surface area contributed by atoms with Crippen molar-refractivity contribution in [1.82, 2.24) is 15.6 Å². The number of nitrogens with zero attached hydrogens (tertiary/aromatic N) is 2. The lowest BCUT2D eigenvalue weighted by Gasteiger charge is -2.17. The van der Waals surface area contributed by atoms with Gasteiger partial charge in [-0.25, -0.2) is 4.98 Å². The number of benzene rings is 1. The van der Waals surface area contributed by atoms with Gasteiger partial charge in [0.1, 0.15) is 17.4 Å². The molecule has 0 spiro atoms. The van der Waals surface area contributed by atoms with Crippen LogP contribution in [0.5, 0.6) is 5.75 Å². The van der Waals surface area contributed by atoms with Crippen molar-refractivity contribution in [2.24, 2.45) is 4.99 Å². The third-order valence-electron chi connectivity index (χ3n) is 4.42. The highest BCUT2D eigenvalue weighted by Gasteiger charge is 2.17. The molecule has 1 aliphatic rings. The lowest BCUT2D eigenvalue weighted by Crippen LogP contribution is -2.36. The molecule has 27 heavy (non-hydrogen) atoms. The summed E-state index contributed by atoms with van der Waals surface area (Å²) in [6.07, 6.45) is 4.30. The van der Waals surface area contributed by atoms with E-state index in [2.05, 4.69) is 52.7 Å². The van der Waals surface area contributed by atoms with E-state index < -0.39 is 0 Å². The maximum atomic E-state index is 6.07. The van der Waals surface area contributed by atoms with E-state index in [1.54, 1.807) is 18.4 Å². The Hall–Kier alpha value is -2.12. The number of hydrogen-bond acceptors (Lipinski definition) is 5. The summed E-state index contributed by atoms with van der Waals surface area (Å²) >= 11 is 1.69. The van der Waals surface area contributed by atoms with Gasteiger partial charge in [0.25, 0.3) is 0 Å². The summed E-state index contributed by atoms with van der Waals surface area (Å²) < 4.78 is 11.7. The average Bonchev–Trinajstić information content (AvgIpc) is 3.33. The van der Waals surface area contributed by atoms with Gasteiger partial charge in [-0.1, -0.05) is 12.1 Å². The van der Waals surface area contributed by atoms with Gasteiger partial charge in [0.05, 0.1) is 12.6 Å². The number of ether oxygens (including phenoxy) is 2. The Morgan fingerprint density at radius 1 is 1.33 bits per heavy atom. The van der Waals surface area contributed by atoms with Crippen molar-refractivity contribution in [1.29, 1.82) is 0 Å². The van der Waals surface area contributed by atoms with Crippen LogP contribution in [0.2, 0.25) is 0 Å². The normalized spacial score (nSPS) is 17.1. The van der Waals surface area contributed by atoms with E-state index in [9.17, 15) is 0 Å². The summed E-state index contributed by atoms with van der Waals surface area (Å²) in [7, 11) is 1.77. The van der Waals surface area contributed by atoms with E-state index in [0.29, 0.717) is 19.7 Å². The van der Waals surface area contributed by atoms with Crippen LogP contribution in [-0.2, 0) is 17.8 Å². The summed E-state index contributed by atoms with van der Waals surface area (Å²) in [6, 6.07) is 6.29. The number of nitrogens with one attached hydrogen (secondary N) is 2. The molecule has 1 aliphatic heterocycles. The number of aryl methyl sites for hydroxylation is 2. The highest BCUT2D eigenvalue weighted by molar-refractivity contribution is 7.11. The second-order valence-electron chi connectivity index (χ2n) is 6.70. The van der Waals surface area contributed by atoms with Crippen molar-refractivity contribution in [3.05, 3.63) is 45.4 Å². The topological polar surface area (TPSA) is 67.8 Å². The standard InChI is InChI=1S/C20H28N4O2S/c1-14-6-7-16(18(9-14)26-13-17-5-4-8-25-17)11-23-20(21-3)24-12-19-22-10-15(2)27-19/h6-7,9-10,17H,4-5,8,11-13H2,1-3H3,(H2,21,23,24). The zero-order chi connectivity index (χ0) is 19.1. The van der Waals surface area contributed by atoms with Gasteiger partial charge in [0.15, 0.2) is 5.96 Å². The zero-order valence-corrected chi connectivity index (χ0v) is 17.1. The summed E-state index contributed by atoms with van der Waals surface area (Å²) in [6.45, 7) is 6.88. The first kappa shape index (κ1) is 19.6. The van der Waals surface area contributed by atoms with Crippen LogP contribution >= 0.6 is 11.3 Å². The maximum Gasteiger partial charge on any atom is 0.191 e. The third-order valence-corrected chi connectivity index (χ3v) is 5.33. The van der Waals surface area contributed by atoms with Gasteiger partial charge < -0.3 is 20.1 Å². The lowest BCUT2D eigenvalue weighted by atomic mass is 10.1. The van der Waals surface area contributed by atoms with Crippen LogP contribution in [0.3, 0.4) is 0 Å². The molecule has 1 aromatic carbocycles. The Labute approximate surface area is 165 Å². The van der Waals surface area contributed by atoms with Crippen molar-refractivity contribution >= 4 is 17.3 Å². The van der Waals surface area contributed by atoms with E-state index >= 15 is 0 Å². The Kier molecular flexibility index (Phi) is 7.06. The van der Waals surface area contributed by atoms with Crippen molar-refractivity contribution in [3.8, 4) is 5.75 Å². The molecule has 2 N–H and O–H groups in total. The molecule has 146 valence electrons. The minimum atomic E-state index is 0.211. The van der Waals surface area contributed by atoms with E-state index in [0.717, 1.165) is 41.7 Å². The molecule has 0 saturated carbocycles. The highest BCUT2D eigenvalue weighted by atomic mass is 32.1. The molecule has 0 radical (unpaired) electrons. The Morgan fingerprint density at radius 3 is 2.89 bits per heavy atom. The summed E-state index contributed by atoms with van der Waals surface area (Å²) in [4.78, 5) is 9.87. The fraction of sp³-hybridized carbons (Fsp3) is 0.500. The van der Waals surface area contributed by atoms with Crippen LogP contribution in [-0.4, -0.2) is 37.3 Å². The minimum Gasteiger partial charge on any atom is -0.491 e. The quantitative estimate of drug-likeness (QED) is 0.563. The number of hydrogen-bond donors (Lipinski definition) is 2. The molecule has 1 unspecified atom stereocenters. The molecule has 7 heteroatoms. The van der Waals surface area contributed by atoms with Gasteiger partial charge in [-0.15, -0.1) is 11.3 Å². The van der Waals surface area contributed by atoms with Gasteiger partial charge in [-0.3, -0.25) is 4.99 Å². The second kappa shape index (κ2) is 9.71. The molecule has 2 heterocycles. The molecule has 1 aromatic heterocycles. The van der Waals surface area contributed by atoms with Crippen LogP contribution in [0.15, 0.2) is 29.4 Å². The average molecular weight is 389 g/mol. The van der Waals surface area contributed by atoms with Crippen molar-refractivity contribution in [3.63, 3.8) is 0 Å². The predicted octanol–water partition coefficient (Wildman–Crippen LogP) is 3.18.